The molecule has 0 spiro atoms. The van der Waals surface area contributed by atoms with Crippen molar-refractivity contribution in [2.24, 2.45) is 5.92 Å². The summed E-state index contributed by atoms with van der Waals surface area (Å²) in [7, 11) is 0. The van der Waals surface area contributed by atoms with Gasteiger partial charge in [0.05, 0.1) is 0 Å². The first-order chi connectivity index (χ1) is 16.6. The van der Waals surface area contributed by atoms with E-state index in [4.69, 9.17) is 5.11 Å². The van der Waals surface area contributed by atoms with Crippen molar-refractivity contribution in [1.29, 1.82) is 0 Å². The Morgan fingerprint density at radius 3 is 1.94 bits per heavy atom. The number of hydrogen-bond donors (Lipinski definition) is 1. The van der Waals surface area contributed by atoms with E-state index in [1.54, 1.807) is 0 Å². The first-order valence-corrected chi connectivity index (χ1v) is 13.1. The molecule has 178 valence electrons. The Morgan fingerprint density at radius 2 is 1.38 bits per heavy atom. The van der Waals surface area contributed by atoms with Crippen molar-refractivity contribution < 1.29 is 9.90 Å². The molecule has 1 N–H and O–H groups in total. The molecule has 0 amide bonds. The Morgan fingerprint density at radius 1 is 0.794 bits per heavy atom. The molecule has 0 bridgehead atoms. The Bertz CT molecular complexity index is 1040. The van der Waals surface area contributed by atoms with E-state index in [0.29, 0.717) is 0 Å². The Balaban J connectivity index is 1.44. The lowest BCUT2D eigenvalue weighted by molar-refractivity contribution is -0.137. The Kier molecular flexibility index (Phi) is 8.57. The lowest BCUT2D eigenvalue weighted by atomic mass is 9.77. The van der Waals surface area contributed by atoms with Crippen LogP contribution in [-0.4, -0.2) is 11.1 Å². The van der Waals surface area contributed by atoms with Gasteiger partial charge in [-0.05, 0) is 90.2 Å². The van der Waals surface area contributed by atoms with Gasteiger partial charge in [0.25, 0.3) is 0 Å². The number of carboxylic acids is 1. The Labute approximate surface area is 205 Å². The Hall–Kier alpha value is -2.87. The molecule has 0 heterocycles. The molecule has 1 fully saturated rings. The third-order valence-electron chi connectivity index (χ3n) is 7.53. The smallest absolute Gasteiger partial charge is 0.303 e. The zero-order valence-corrected chi connectivity index (χ0v) is 20.5. The number of aryl methyl sites for hydroxylation is 1. The van der Waals surface area contributed by atoms with Gasteiger partial charge in [0, 0.05) is 6.42 Å². The topological polar surface area (TPSA) is 37.3 Å². The van der Waals surface area contributed by atoms with Gasteiger partial charge in [-0.1, -0.05) is 92.6 Å². The standard InChI is InChI=1S/C32H38O2/c1-2-7-24-12-16-26(17-13-24)27-20-22-29(23-21-27)31-10-5-4-9-30(31)28-18-14-25(15-19-28)8-3-6-11-32(33)34/h4-5,9-10,14-15,18-24,26H,2-3,6-8,11-13,16-17H2,1H3,(H,33,34)/t24-,26-. The molecule has 1 aliphatic carbocycles. The highest BCUT2D eigenvalue weighted by atomic mass is 16.4. The van der Waals surface area contributed by atoms with Crippen molar-refractivity contribution in [1.82, 2.24) is 0 Å². The third kappa shape index (κ3) is 6.38. The molecule has 0 radical (unpaired) electrons. The SMILES string of the molecule is CCC[C@H]1CC[C@H](c2ccc(-c3ccccc3-c3ccc(CCCCC(=O)O)cc3)cc2)CC1. The van der Waals surface area contributed by atoms with Crippen molar-refractivity contribution >= 4 is 5.97 Å². The summed E-state index contributed by atoms with van der Waals surface area (Å²) in [4.78, 5) is 10.7. The van der Waals surface area contributed by atoms with Crippen LogP contribution in [0.5, 0.6) is 0 Å². The van der Waals surface area contributed by atoms with E-state index in [0.717, 1.165) is 31.1 Å². The third-order valence-corrected chi connectivity index (χ3v) is 7.53. The first kappa shape index (κ1) is 24.3. The fraction of sp³-hybridized carbons (Fsp3) is 0.406. The van der Waals surface area contributed by atoms with Crippen LogP contribution < -0.4 is 0 Å². The van der Waals surface area contributed by atoms with Crippen molar-refractivity contribution in [3.05, 3.63) is 83.9 Å². The highest BCUT2D eigenvalue weighted by molar-refractivity contribution is 5.83. The van der Waals surface area contributed by atoms with Crippen LogP contribution in [0.4, 0.5) is 0 Å². The number of benzene rings is 3. The van der Waals surface area contributed by atoms with Crippen LogP contribution in [0.25, 0.3) is 22.3 Å². The highest BCUT2D eigenvalue weighted by Gasteiger charge is 2.21. The van der Waals surface area contributed by atoms with E-state index in [1.807, 2.05) is 0 Å². The van der Waals surface area contributed by atoms with Crippen molar-refractivity contribution in [3.8, 4) is 22.3 Å². The maximum Gasteiger partial charge on any atom is 0.303 e. The fourth-order valence-corrected chi connectivity index (χ4v) is 5.57. The summed E-state index contributed by atoms with van der Waals surface area (Å²) in [5, 5.41) is 8.80. The first-order valence-electron chi connectivity index (χ1n) is 13.1. The van der Waals surface area contributed by atoms with E-state index in [2.05, 4.69) is 79.7 Å². The molecule has 3 aromatic carbocycles. The second-order valence-electron chi connectivity index (χ2n) is 9.97. The molecule has 0 aromatic heterocycles. The fourth-order valence-electron chi connectivity index (χ4n) is 5.57. The van der Waals surface area contributed by atoms with E-state index in [-0.39, 0.29) is 6.42 Å². The second-order valence-corrected chi connectivity index (χ2v) is 9.97. The average molecular weight is 455 g/mol. The van der Waals surface area contributed by atoms with E-state index in [9.17, 15) is 4.79 Å². The van der Waals surface area contributed by atoms with Gasteiger partial charge < -0.3 is 5.11 Å². The van der Waals surface area contributed by atoms with Crippen LogP contribution in [0.1, 0.15) is 81.8 Å². The molecule has 1 aliphatic rings. The van der Waals surface area contributed by atoms with Gasteiger partial charge in [-0.3, -0.25) is 4.79 Å². The quantitative estimate of drug-likeness (QED) is 0.311. The average Bonchev–Trinajstić information content (AvgIpc) is 2.88. The van der Waals surface area contributed by atoms with Crippen LogP contribution in [0, 0.1) is 5.92 Å². The second kappa shape index (κ2) is 12.0. The number of hydrogen-bond acceptors (Lipinski definition) is 1. The predicted molar refractivity (Wildman–Crippen MR) is 142 cm³/mol. The molecule has 2 nitrogen and oxygen atoms in total. The number of carbonyl (C=O) groups is 1. The maximum absolute atomic E-state index is 10.7. The summed E-state index contributed by atoms with van der Waals surface area (Å²) in [6, 6.07) is 26.8. The van der Waals surface area contributed by atoms with Crippen LogP contribution in [0.15, 0.2) is 72.8 Å². The molecule has 1 saturated carbocycles. The van der Waals surface area contributed by atoms with E-state index >= 15 is 0 Å². The molecular weight excluding hydrogens is 416 g/mol. The van der Waals surface area contributed by atoms with Gasteiger partial charge in [0.2, 0.25) is 0 Å². The van der Waals surface area contributed by atoms with E-state index in [1.165, 1.54) is 71.9 Å². The van der Waals surface area contributed by atoms with Crippen LogP contribution in [0.2, 0.25) is 0 Å². The minimum Gasteiger partial charge on any atom is -0.481 e. The molecule has 3 aromatic rings. The monoisotopic (exact) mass is 454 g/mol. The van der Waals surface area contributed by atoms with Gasteiger partial charge in [-0.25, -0.2) is 0 Å². The maximum atomic E-state index is 10.7. The molecule has 34 heavy (non-hydrogen) atoms. The van der Waals surface area contributed by atoms with Gasteiger partial charge in [0.1, 0.15) is 0 Å². The molecule has 0 aliphatic heterocycles. The number of unbranched alkanes of at least 4 members (excludes halogenated alkanes) is 1. The highest BCUT2D eigenvalue weighted by Crippen LogP contribution is 2.39. The number of carboxylic acid groups (broad SMARTS) is 1. The molecule has 4 rings (SSSR count). The van der Waals surface area contributed by atoms with Crippen LogP contribution in [-0.2, 0) is 11.2 Å². The molecule has 0 atom stereocenters. The lowest BCUT2D eigenvalue weighted by Crippen LogP contribution is -2.13. The normalized spacial score (nSPS) is 18.0. The van der Waals surface area contributed by atoms with Gasteiger partial charge in [-0.15, -0.1) is 0 Å². The predicted octanol–water partition coefficient (Wildman–Crippen LogP) is 8.89. The summed E-state index contributed by atoms with van der Waals surface area (Å²) in [5.74, 6) is 0.961. The number of aliphatic carboxylic acids is 1. The van der Waals surface area contributed by atoms with Gasteiger partial charge in [-0.2, -0.15) is 0 Å². The molecular formula is C32H38O2. The summed E-state index contributed by atoms with van der Waals surface area (Å²) in [6.07, 6.45) is 11.0. The summed E-state index contributed by atoms with van der Waals surface area (Å²) < 4.78 is 0. The molecule has 0 unspecified atom stereocenters. The van der Waals surface area contributed by atoms with Crippen molar-refractivity contribution in [3.63, 3.8) is 0 Å². The number of rotatable bonds is 10. The summed E-state index contributed by atoms with van der Waals surface area (Å²) >= 11 is 0. The minimum atomic E-state index is -0.709. The van der Waals surface area contributed by atoms with Crippen molar-refractivity contribution in [2.45, 2.75) is 77.0 Å². The van der Waals surface area contributed by atoms with Gasteiger partial charge >= 0.3 is 5.97 Å². The van der Waals surface area contributed by atoms with Crippen molar-refractivity contribution in [2.75, 3.05) is 0 Å². The molecule has 0 saturated heterocycles. The van der Waals surface area contributed by atoms with E-state index < -0.39 is 5.97 Å². The van der Waals surface area contributed by atoms with Crippen LogP contribution in [0.3, 0.4) is 0 Å². The van der Waals surface area contributed by atoms with Gasteiger partial charge in [0.15, 0.2) is 0 Å². The summed E-state index contributed by atoms with van der Waals surface area (Å²) in [6.45, 7) is 2.31. The lowest BCUT2D eigenvalue weighted by Gasteiger charge is -2.28. The zero-order valence-electron chi connectivity index (χ0n) is 20.5. The van der Waals surface area contributed by atoms with Crippen LogP contribution >= 0.6 is 0 Å². The summed E-state index contributed by atoms with van der Waals surface area (Å²) in [5.41, 5.74) is 7.80. The minimum absolute atomic E-state index is 0.254. The largest absolute Gasteiger partial charge is 0.481 e. The zero-order chi connectivity index (χ0) is 23.8. The molecule has 2 heteroatoms.